The summed E-state index contributed by atoms with van der Waals surface area (Å²) in [5.74, 6) is 1.58. The summed E-state index contributed by atoms with van der Waals surface area (Å²) in [6.07, 6.45) is 4.97. The molecule has 3 nitrogen and oxygen atoms in total. The Balaban J connectivity index is 1.82. The molecule has 1 saturated heterocycles. The van der Waals surface area contributed by atoms with Crippen molar-refractivity contribution in [3.05, 3.63) is 24.3 Å². The lowest BCUT2D eigenvalue weighted by atomic mass is 9.76. The average molecular weight is 318 g/mol. The molecule has 0 aromatic heterocycles. The van der Waals surface area contributed by atoms with E-state index in [2.05, 4.69) is 27.7 Å². The maximum Gasteiger partial charge on any atom is 0.493 e. The number of unbranched alkanes of at least 4 members (excludes halogenated alkanes) is 1. The summed E-state index contributed by atoms with van der Waals surface area (Å²) >= 11 is 0. The van der Waals surface area contributed by atoms with Crippen LogP contribution >= 0.6 is 0 Å². The molecule has 128 valence electrons. The van der Waals surface area contributed by atoms with E-state index in [1.54, 1.807) is 0 Å². The van der Waals surface area contributed by atoms with E-state index in [4.69, 9.17) is 14.0 Å². The molecule has 1 aliphatic heterocycles. The zero-order valence-corrected chi connectivity index (χ0v) is 15.1. The molecule has 0 saturated carbocycles. The minimum Gasteiger partial charge on any atom is -0.493 e. The van der Waals surface area contributed by atoms with Crippen molar-refractivity contribution in [3.8, 4) is 5.75 Å². The van der Waals surface area contributed by atoms with Gasteiger partial charge in [0.05, 0.1) is 6.61 Å². The van der Waals surface area contributed by atoms with Gasteiger partial charge in [0.2, 0.25) is 0 Å². The molecule has 23 heavy (non-hydrogen) atoms. The van der Waals surface area contributed by atoms with Crippen LogP contribution in [0.2, 0.25) is 0 Å². The summed E-state index contributed by atoms with van der Waals surface area (Å²) in [6.45, 7) is 11.1. The Labute approximate surface area is 141 Å². The van der Waals surface area contributed by atoms with Crippen molar-refractivity contribution in [2.24, 2.45) is 11.3 Å². The van der Waals surface area contributed by atoms with Gasteiger partial charge in [0.15, 0.2) is 0 Å². The minimum atomic E-state index is -0.245. The Hall–Kier alpha value is -0.995. The third kappa shape index (κ3) is 5.85. The molecule has 0 N–H and O–H groups in total. The molecule has 0 radical (unpaired) electrons. The normalized spacial score (nSPS) is 18.7. The smallest absolute Gasteiger partial charge is 0.493 e. The van der Waals surface area contributed by atoms with E-state index in [1.807, 2.05) is 24.3 Å². The first kappa shape index (κ1) is 18.3. The maximum absolute atomic E-state index is 5.95. The lowest BCUT2D eigenvalue weighted by molar-refractivity contribution is 0.0343. The summed E-state index contributed by atoms with van der Waals surface area (Å²) in [4.78, 5) is 0. The zero-order valence-electron chi connectivity index (χ0n) is 15.1. The summed E-state index contributed by atoms with van der Waals surface area (Å²) in [5, 5.41) is 0. The molecule has 1 unspecified atom stereocenters. The molecule has 0 aliphatic carbocycles. The van der Waals surface area contributed by atoms with Gasteiger partial charge in [-0.3, -0.25) is 0 Å². The van der Waals surface area contributed by atoms with Crippen LogP contribution in [0.4, 0.5) is 0 Å². The van der Waals surface area contributed by atoms with Gasteiger partial charge in [-0.25, -0.2) is 0 Å². The van der Waals surface area contributed by atoms with E-state index < -0.39 is 0 Å². The van der Waals surface area contributed by atoms with Crippen LogP contribution in [0.3, 0.4) is 0 Å². The van der Waals surface area contributed by atoms with Crippen molar-refractivity contribution in [1.29, 1.82) is 0 Å². The molecule has 1 fully saturated rings. The van der Waals surface area contributed by atoms with Crippen molar-refractivity contribution >= 4 is 12.6 Å². The Morgan fingerprint density at radius 1 is 1.13 bits per heavy atom. The van der Waals surface area contributed by atoms with Crippen LogP contribution in [0, 0.1) is 11.3 Å². The lowest BCUT2D eigenvalue weighted by Crippen LogP contribution is -2.47. The second-order valence-corrected chi connectivity index (χ2v) is 7.41. The summed E-state index contributed by atoms with van der Waals surface area (Å²) in [7, 11) is -0.245. The lowest BCUT2D eigenvalue weighted by Gasteiger charge is -2.33. The largest absolute Gasteiger partial charge is 0.493 e. The first-order valence-electron chi connectivity index (χ1n) is 9.00. The topological polar surface area (TPSA) is 27.7 Å². The van der Waals surface area contributed by atoms with E-state index in [9.17, 15) is 0 Å². The molecular formula is C19H31BO3. The second kappa shape index (κ2) is 8.74. The molecule has 0 bridgehead atoms. The monoisotopic (exact) mass is 318 g/mol. The maximum atomic E-state index is 5.95. The number of rotatable bonds is 8. The third-order valence-electron chi connectivity index (χ3n) is 4.43. The fourth-order valence-corrected chi connectivity index (χ4v) is 2.72. The quantitative estimate of drug-likeness (QED) is 0.677. The number of benzene rings is 1. The van der Waals surface area contributed by atoms with Crippen LogP contribution in [0.5, 0.6) is 5.75 Å². The van der Waals surface area contributed by atoms with Gasteiger partial charge in [-0.15, -0.1) is 0 Å². The molecule has 1 atom stereocenters. The first-order chi connectivity index (χ1) is 11.0. The van der Waals surface area contributed by atoms with Gasteiger partial charge in [-0.05, 0) is 29.9 Å². The van der Waals surface area contributed by atoms with Gasteiger partial charge in [-0.2, -0.15) is 0 Å². The molecule has 4 heteroatoms. The molecular weight excluding hydrogens is 287 g/mol. The van der Waals surface area contributed by atoms with Crippen LogP contribution in [0.1, 0.15) is 53.4 Å². The molecule has 1 aromatic carbocycles. The van der Waals surface area contributed by atoms with Crippen LogP contribution < -0.4 is 10.2 Å². The first-order valence-corrected chi connectivity index (χ1v) is 9.00. The average Bonchev–Trinajstić information content (AvgIpc) is 2.56. The molecule has 1 aromatic rings. The Kier molecular flexibility index (Phi) is 6.97. The van der Waals surface area contributed by atoms with Gasteiger partial charge < -0.3 is 14.0 Å². The second-order valence-electron chi connectivity index (χ2n) is 7.41. The highest BCUT2D eigenvalue weighted by Gasteiger charge is 2.33. The zero-order chi connectivity index (χ0) is 16.7. The summed E-state index contributed by atoms with van der Waals surface area (Å²) in [5.41, 5.74) is 1.17. The van der Waals surface area contributed by atoms with Crippen molar-refractivity contribution in [3.63, 3.8) is 0 Å². The predicted molar refractivity (Wildman–Crippen MR) is 96.3 cm³/mol. The standard InChI is InChI=1S/C19H31BO3/c1-5-7-8-16(6-2)13-21-18-11-9-17(10-12-18)20-22-14-19(3,4)15-23-20/h9-12,16H,5-8,13-15H2,1-4H3. The number of ether oxygens (including phenoxy) is 1. The minimum absolute atomic E-state index is 0.104. The van der Waals surface area contributed by atoms with Gasteiger partial charge >= 0.3 is 7.12 Å². The number of hydrogen-bond acceptors (Lipinski definition) is 3. The van der Waals surface area contributed by atoms with Crippen LogP contribution in [-0.4, -0.2) is 26.9 Å². The van der Waals surface area contributed by atoms with Crippen molar-refractivity contribution in [2.45, 2.75) is 53.4 Å². The van der Waals surface area contributed by atoms with Crippen molar-refractivity contribution in [2.75, 3.05) is 19.8 Å². The highest BCUT2D eigenvalue weighted by atomic mass is 16.6. The Bertz CT molecular complexity index is 448. The fourth-order valence-electron chi connectivity index (χ4n) is 2.72. The summed E-state index contributed by atoms with van der Waals surface area (Å²) in [6, 6.07) is 8.14. The molecule has 2 rings (SSSR count). The van der Waals surface area contributed by atoms with Gasteiger partial charge in [0.25, 0.3) is 0 Å². The molecule has 1 heterocycles. The van der Waals surface area contributed by atoms with Crippen LogP contribution in [0.15, 0.2) is 24.3 Å². The molecule has 0 amide bonds. The predicted octanol–water partition coefficient (Wildman–Crippen LogP) is 4.05. The van der Waals surface area contributed by atoms with E-state index in [-0.39, 0.29) is 12.5 Å². The molecule has 1 aliphatic rings. The highest BCUT2D eigenvalue weighted by molar-refractivity contribution is 6.61. The van der Waals surface area contributed by atoms with Crippen molar-refractivity contribution in [1.82, 2.24) is 0 Å². The van der Waals surface area contributed by atoms with E-state index in [0.717, 1.165) is 31.0 Å². The Morgan fingerprint density at radius 3 is 2.35 bits per heavy atom. The van der Waals surface area contributed by atoms with Gasteiger partial charge in [0.1, 0.15) is 5.75 Å². The van der Waals surface area contributed by atoms with E-state index in [1.165, 1.54) is 25.7 Å². The molecule has 0 spiro atoms. The van der Waals surface area contributed by atoms with Gasteiger partial charge in [-0.1, -0.05) is 59.1 Å². The Morgan fingerprint density at radius 2 is 1.78 bits per heavy atom. The number of hydrogen-bond donors (Lipinski definition) is 0. The van der Waals surface area contributed by atoms with Gasteiger partial charge in [0, 0.05) is 18.6 Å². The highest BCUT2D eigenvalue weighted by Crippen LogP contribution is 2.22. The SMILES string of the molecule is CCCCC(CC)COc1ccc(B2OCC(C)(C)CO2)cc1. The third-order valence-corrected chi connectivity index (χ3v) is 4.43. The summed E-state index contributed by atoms with van der Waals surface area (Å²) < 4.78 is 17.6. The van der Waals surface area contributed by atoms with E-state index >= 15 is 0 Å². The fraction of sp³-hybridized carbons (Fsp3) is 0.684. The van der Waals surface area contributed by atoms with Crippen LogP contribution in [-0.2, 0) is 9.31 Å². The van der Waals surface area contributed by atoms with E-state index in [0.29, 0.717) is 5.92 Å². The van der Waals surface area contributed by atoms with Crippen molar-refractivity contribution < 1.29 is 14.0 Å². The van der Waals surface area contributed by atoms with Crippen LogP contribution in [0.25, 0.3) is 0 Å².